The van der Waals surface area contributed by atoms with Crippen LogP contribution in [0.1, 0.15) is 13.3 Å². The molecule has 0 unspecified atom stereocenters. The molecule has 0 spiro atoms. The Morgan fingerprint density at radius 1 is 1.80 bits per heavy atom. The van der Waals surface area contributed by atoms with Crippen molar-refractivity contribution in [2.24, 2.45) is 5.10 Å². The van der Waals surface area contributed by atoms with Crippen LogP contribution in [0.15, 0.2) is 17.3 Å². The minimum absolute atomic E-state index is 0.0398. The fourth-order valence-corrected chi connectivity index (χ4v) is 0.766. The number of amides is 1. The van der Waals surface area contributed by atoms with Gasteiger partial charge in [0.05, 0.1) is 12.1 Å². The van der Waals surface area contributed by atoms with Crippen LogP contribution in [0, 0.1) is 0 Å². The number of allylic oxidation sites excluding steroid dienone is 1. The fourth-order valence-electron chi connectivity index (χ4n) is 0.766. The van der Waals surface area contributed by atoms with Gasteiger partial charge in [-0.15, -0.1) is 0 Å². The van der Waals surface area contributed by atoms with Crippen molar-refractivity contribution < 1.29 is 4.79 Å². The molecule has 0 bridgehead atoms. The van der Waals surface area contributed by atoms with Crippen molar-refractivity contribution >= 4 is 11.6 Å². The minimum Gasteiger partial charge on any atom is -0.273 e. The molecule has 1 aliphatic heterocycles. The lowest BCUT2D eigenvalue weighted by atomic mass is 10.1. The van der Waals surface area contributed by atoms with Gasteiger partial charge in [0.15, 0.2) is 0 Å². The van der Waals surface area contributed by atoms with E-state index >= 15 is 0 Å². The Morgan fingerprint density at radius 2 is 2.40 bits per heavy atom. The predicted octanol–water partition coefficient (Wildman–Crippen LogP) is 0.781. The van der Waals surface area contributed by atoms with Crippen molar-refractivity contribution in [1.29, 1.82) is 0 Å². The summed E-state index contributed by atoms with van der Waals surface area (Å²) in [6.45, 7) is 5.55. The van der Waals surface area contributed by atoms with Crippen LogP contribution in [-0.2, 0) is 4.79 Å². The molecule has 0 saturated carbocycles. The van der Waals surface area contributed by atoms with E-state index in [9.17, 15) is 4.79 Å². The molecule has 0 fully saturated rings. The quantitative estimate of drug-likeness (QED) is 0.527. The van der Waals surface area contributed by atoms with E-state index in [1.54, 1.807) is 7.05 Å². The first-order chi connectivity index (χ1) is 4.61. The minimum atomic E-state index is 0.0398. The van der Waals surface area contributed by atoms with Crippen LogP contribution < -0.4 is 0 Å². The Bertz CT molecular complexity index is 218. The number of carbonyl (C=O) groups excluding carboxylic acids is 1. The number of rotatable bonds is 1. The van der Waals surface area contributed by atoms with Crippen LogP contribution in [0.2, 0.25) is 0 Å². The fraction of sp³-hybridized carbons (Fsp3) is 0.429. The van der Waals surface area contributed by atoms with E-state index < -0.39 is 0 Å². The Balaban J connectivity index is 2.77. The number of nitrogens with zero attached hydrogens (tertiary/aromatic N) is 2. The van der Waals surface area contributed by atoms with Crippen LogP contribution in [-0.4, -0.2) is 23.7 Å². The first kappa shape index (κ1) is 6.99. The summed E-state index contributed by atoms with van der Waals surface area (Å²) in [7, 11) is 1.65. The standard InChI is InChI=1S/C7H10N2O/c1-5(2)6-4-7(10)9(3)8-6/h1,4H2,2-3H3. The highest BCUT2D eigenvalue weighted by Gasteiger charge is 2.19. The number of hydrogen-bond acceptors (Lipinski definition) is 2. The van der Waals surface area contributed by atoms with E-state index in [-0.39, 0.29) is 5.91 Å². The molecule has 1 heterocycles. The Hall–Kier alpha value is -1.12. The number of hydrogen-bond donors (Lipinski definition) is 0. The van der Waals surface area contributed by atoms with Gasteiger partial charge in [0.25, 0.3) is 0 Å². The van der Waals surface area contributed by atoms with Gasteiger partial charge in [0.1, 0.15) is 0 Å². The molecule has 0 aromatic carbocycles. The zero-order valence-electron chi connectivity index (χ0n) is 6.22. The largest absolute Gasteiger partial charge is 0.273 e. The van der Waals surface area contributed by atoms with Crippen molar-refractivity contribution in [2.45, 2.75) is 13.3 Å². The van der Waals surface area contributed by atoms with Crippen LogP contribution >= 0.6 is 0 Å². The third kappa shape index (κ3) is 1.07. The van der Waals surface area contributed by atoms with Gasteiger partial charge in [-0.3, -0.25) is 4.79 Å². The van der Waals surface area contributed by atoms with Crippen LogP contribution in [0.4, 0.5) is 0 Å². The summed E-state index contributed by atoms with van der Waals surface area (Å²) >= 11 is 0. The Labute approximate surface area is 60.0 Å². The maximum Gasteiger partial charge on any atom is 0.248 e. The van der Waals surface area contributed by atoms with Gasteiger partial charge < -0.3 is 0 Å². The SMILES string of the molecule is C=C(C)C1=NN(C)C(=O)C1. The van der Waals surface area contributed by atoms with E-state index in [4.69, 9.17) is 0 Å². The molecule has 1 aliphatic rings. The lowest BCUT2D eigenvalue weighted by Gasteiger charge is -1.98. The Kier molecular flexibility index (Phi) is 1.57. The predicted molar refractivity (Wildman–Crippen MR) is 39.6 cm³/mol. The molecule has 0 aliphatic carbocycles. The highest BCUT2D eigenvalue weighted by atomic mass is 16.2. The second-order valence-electron chi connectivity index (χ2n) is 2.42. The third-order valence-corrected chi connectivity index (χ3v) is 1.44. The van der Waals surface area contributed by atoms with E-state index in [0.717, 1.165) is 11.3 Å². The highest BCUT2D eigenvalue weighted by molar-refractivity contribution is 6.12. The zero-order chi connectivity index (χ0) is 7.72. The van der Waals surface area contributed by atoms with E-state index in [1.807, 2.05) is 6.92 Å². The molecule has 3 nitrogen and oxygen atoms in total. The molecular weight excluding hydrogens is 128 g/mol. The summed E-state index contributed by atoms with van der Waals surface area (Å²) < 4.78 is 0. The second-order valence-corrected chi connectivity index (χ2v) is 2.42. The molecule has 10 heavy (non-hydrogen) atoms. The molecule has 0 saturated heterocycles. The molecule has 1 amide bonds. The molecule has 1 rings (SSSR count). The zero-order valence-corrected chi connectivity index (χ0v) is 6.22. The summed E-state index contributed by atoms with van der Waals surface area (Å²) in [5.41, 5.74) is 1.67. The number of hydrazone groups is 1. The monoisotopic (exact) mass is 138 g/mol. The van der Waals surface area contributed by atoms with Crippen LogP contribution in [0.3, 0.4) is 0 Å². The van der Waals surface area contributed by atoms with Crippen molar-refractivity contribution in [3.63, 3.8) is 0 Å². The van der Waals surface area contributed by atoms with Gasteiger partial charge >= 0.3 is 0 Å². The average molecular weight is 138 g/mol. The molecule has 0 atom stereocenters. The van der Waals surface area contributed by atoms with Gasteiger partial charge in [-0.05, 0) is 12.5 Å². The van der Waals surface area contributed by atoms with Gasteiger partial charge in [-0.2, -0.15) is 5.10 Å². The molecule has 0 aromatic heterocycles. The molecule has 3 heteroatoms. The molecule has 0 aromatic rings. The summed E-state index contributed by atoms with van der Waals surface area (Å²) in [5.74, 6) is 0.0398. The van der Waals surface area contributed by atoms with E-state index in [1.165, 1.54) is 5.01 Å². The summed E-state index contributed by atoms with van der Waals surface area (Å²) in [6, 6.07) is 0. The van der Waals surface area contributed by atoms with Gasteiger partial charge in [0, 0.05) is 7.05 Å². The van der Waals surface area contributed by atoms with Crippen molar-refractivity contribution in [2.75, 3.05) is 7.05 Å². The highest BCUT2D eigenvalue weighted by Crippen LogP contribution is 2.09. The third-order valence-electron chi connectivity index (χ3n) is 1.44. The van der Waals surface area contributed by atoms with Crippen LogP contribution in [0.25, 0.3) is 0 Å². The smallest absolute Gasteiger partial charge is 0.248 e. The molecule has 0 radical (unpaired) electrons. The summed E-state index contributed by atoms with van der Waals surface area (Å²) in [6.07, 6.45) is 0.409. The number of carbonyl (C=O) groups is 1. The lowest BCUT2D eigenvalue weighted by molar-refractivity contribution is -0.127. The van der Waals surface area contributed by atoms with Crippen LogP contribution in [0.5, 0.6) is 0 Å². The summed E-state index contributed by atoms with van der Waals surface area (Å²) in [4.78, 5) is 10.9. The van der Waals surface area contributed by atoms with Gasteiger partial charge in [-0.25, -0.2) is 5.01 Å². The Morgan fingerprint density at radius 3 is 2.60 bits per heavy atom. The first-order valence-electron chi connectivity index (χ1n) is 3.11. The maximum atomic E-state index is 10.9. The molecular formula is C7H10N2O. The second kappa shape index (κ2) is 2.25. The van der Waals surface area contributed by atoms with Crippen molar-refractivity contribution in [3.8, 4) is 0 Å². The first-order valence-corrected chi connectivity index (χ1v) is 3.11. The van der Waals surface area contributed by atoms with E-state index in [2.05, 4.69) is 11.7 Å². The van der Waals surface area contributed by atoms with Gasteiger partial charge in [-0.1, -0.05) is 6.58 Å². The topological polar surface area (TPSA) is 32.7 Å². The molecule has 0 N–H and O–H groups in total. The average Bonchev–Trinajstić information content (AvgIpc) is 2.13. The maximum absolute atomic E-state index is 10.9. The van der Waals surface area contributed by atoms with E-state index in [0.29, 0.717) is 6.42 Å². The summed E-state index contributed by atoms with van der Waals surface area (Å²) in [5, 5.41) is 5.32. The lowest BCUT2D eigenvalue weighted by Crippen LogP contribution is -2.13. The van der Waals surface area contributed by atoms with Gasteiger partial charge in [0.2, 0.25) is 5.91 Å². The van der Waals surface area contributed by atoms with Crippen molar-refractivity contribution in [1.82, 2.24) is 5.01 Å². The normalized spacial score (nSPS) is 17.6. The molecule has 54 valence electrons. The van der Waals surface area contributed by atoms with Crippen molar-refractivity contribution in [3.05, 3.63) is 12.2 Å².